The van der Waals surface area contributed by atoms with Gasteiger partial charge in [-0.15, -0.1) is 0 Å². The fourth-order valence-electron chi connectivity index (χ4n) is 2.18. The molecule has 3 rings (SSSR count). The highest BCUT2D eigenvalue weighted by molar-refractivity contribution is 5.94. The number of hydrogen-bond donors (Lipinski definition) is 3. The quantitative estimate of drug-likeness (QED) is 0.775. The standard InChI is InChI=1S/C14H15N5O/c20-14(17-13-5-1-2-7-16-13)12-8-11(18-19-12)10-4-3-6-15-9-10/h1-7,9,11-12,18-19H,8H2,(H,16,17,20). The summed E-state index contributed by atoms with van der Waals surface area (Å²) >= 11 is 0. The molecule has 2 aromatic rings. The zero-order valence-electron chi connectivity index (χ0n) is 10.8. The van der Waals surface area contributed by atoms with Gasteiger partial charge in [-0.05, 0) is 30.2 Å². The van der Waals surface area contributed by atoms with E-state index < -0.39 is 0 Å². The van der Waals surface area contributed by atoms with Crippen LogP contribution < -0.4 is 16.2 Å². The van der Waals surface area contributed by atoms with E-state index in [1.54, 1.807) is 24.7 Å². The van der Waals surface area contributed by atoms with Gasteiger partial charge >= 0.3 is 0 Å². The van der Waals surface area contributed by atoms with Gasteiger partial charge < -0.3 is 5.32 Å². The van der Waals surface area contributed by atoms with Crippen molar-refractivity contribution in [1.29, 1.82) is 0 Å². The highest BCUT2D eigenvalue weighted by Gasteiger charge is 2.30. The Morgan fingerprint density at radius 3 is 2.90 bits per heavy atom. The number of pyridine rings is 2. The smallest absolute Gasteiger partial charge is 0.244 e. The molecule has 3 heterocycles. The molecule has 1 aliphatic heterocycles. The van der Waals surface area contributed by atoms with Gasteiger partial charge in [-0.2, -0.15) is 0 Å². The molecule has 0 saturated carbocycles. The predicted octanol–water partition coefficient (Wildman–Crippen LogP) is 1.02. The predicted molar refractivity (Wildman–Crippen MR) is 74.5 cm³/mol. The van der Waals surface area contributed by atoms with Crippen molar-refractivity contribution in [2.24, 2.45) is 0 Å². The van der Waals surface area contributed by atoms with Crippen molar-refractivity contribution in [3.8, 4) is 0 Å². The van der Waals surface area contributed by atoms with Crippen LogP contribution in [-0.4, -0.2) is 21.9 Å². The maximum atomic E-state index is 12.1. The van der Waals surface area contributed by atoms with Crippen molar-refractivity contribution >= 4 is 11.7 Å². The number of aromatic nitrogens is 2. The molecule has 102 valence electrons. The molecule has 6 heteroatoms. The minimum absolute atomic E-state index is 0.0863. The third-order valence-corrected chi connectivity index (χ3v) is 3.22. The molecule has 1 saturated heterocycles. The molecule has 2 unspecified atom stereocenters. The van der Waals surface area contributed by atoms with Crippen molar-refractivity contribution < 1.29 is 4.79 Å². The van der Waals surface area contributed by atoms with Gasteiger partial charge in [0.05, 0.1) is 0 Å². The first-order valence-corrected chi connectivity index (χ1v) is 6.46. The molecule has 0 radical (unpaired) electrons. The number of hydrazine groups is 1. The number of anilines is 1. The summed E-state index contributed by atoms with van der Waals surface area (Å²) in [6.07, 6.45) is 5.86. The average Bonchev–Trinajstić information content (AvgIpc) is 2.99. The minimum atomic E-state index is -0.290. The van der Waals surface area contributed by atoms with Crippen LogP contribution in [-0.2, 0) is 4.79 Å². The summed E-state index contributed by atoms with van der Waals surface area (Å²) in [4.78, 5) is 20.3. The van der Waals surface area contributed by atoms with E-state index in [4.69, 9.17) is 0 Å². The lowest BCUT2D eigenvalue weighted by molar-refractivity contribution is -0.117. The van der Waals surface area contributed by atoms with Crippen molar-refractivity contribution in [1.82, 2.24) is 20.8 Å². The molecule has 0 aromatic carbocycles. The lowest BCUT2D eigenvalue weighted by Crippen LogP contribution is -2.39. The molecule has 1 fully saturated rings. The molecule has 2 atom stereocenters. The van der Waals surface area contributed by atoms with Crippen LogP contribution in [0.5, 0.6) is 0 Å². The average molecular weight is 269 g/mol. The monoisotopic (exact) mass is 269 g/mol. The Morgan fingerprint density at radius 2 is 2.15 bits per heavy atom. The second-order valence-corrected chi connectivity index (χ2v) is 4.62. The zero-order valence-corrected chi connectivity index (χ0v) is 10.8. The van der Waals surface area contributed by atoms with E-state index in [0.29, 0.717) is 12.2 Å². The van der Waals surface area contributed by atoms with Crippen molar-refractivity contribution in [2.45, 2.75) is 18.5 Å². The maximum Gasteiger partial charge on any atom is 0.244 e. The second kappa shape index (κ2) is 5.77. The number of hydrogen-bond acceptors (Lipinski definition) is 5. The molecular weight excluding hydrogens is 254 g/mol. The zero-order chi connectivity index (χ0) is 13.8. The SMILES string of the molecule is O=C(Nc1ccccn1)C1CC(c2cccnc2)NN1. The summed E-state index contributed by atoms with van der Waals surface area (Å²) in [5.74, 6) is 0.465. The molecule has 0 spiro atoms. The van der Waals surface area contributed by atoms with Crippen LogP contribution in [0.3, 0.4) is 0 Å². The Kier molecular flexibility index (Phi) is 3.67. The lowest BCUT2D eigenvalue weighted by Gasteiger charge is -2.09. The Hall–Kier alpha value is -2.31. The number of amides is 1. The van der Waals surface area contributed by atoms with Crippen LogP contribution >= 0.6 is 0 Å². The van der Waals surface area contributed by atoms with E-state index >= 15 is 0 Å². The third-order valence-electron chi connectivity index (χ3n) is 3.22. The fraction of sp³-hybridized carbons (Fsp3) is 0.214. The summed E-state index contributed by atoms with van der Waals surface area (Å²) in [6.45, 7) is 0. The Labute approximate surface area is 116 Å². The van der Waals surface area contributed by atoms with E-state index in [0.717, 1.165) is 5.56 Å². The number of carbonyl (C=O) groups excluding carboxylic acids is 1. The Balaban J connectivity index is 1.61. The van der Waals surface area contributed by atoms with E-state index in [1.165, 1.54) is 0 Å². The molecule has 3 N–H and O–H groups in total. The van der Waals surface area contributed by atoms with Crippen LogP contribution in [0.4, 0.5) is 5.82 Å². The molecule has 20 heavy (non-hydrogen) atoms. The van der Waals surface area contributed by atoms with Crippen LogP contribution in [0.1, 0.15) is 18.0 Å². The number of carbonyl (C=O) groups is 1. The lowest BCUT2D eigenvalue weighted by atomic mass is 10.0. The second-order valence-electron chi connectivity index (χ2n) is 4.62. The van der Waals surface area contributed by atoms with Crippen molar-refractivity contribution in [3.63, 3.8) is 0 Å². The third kappa shape index (κ3) is 2.81. The number of nitrogens with zero attached hydrogens (tertiary/aromatic N) is 2. The Bertz CT molecular complexity index is 575. The van der Waals surface area contributed by atoms with E-state index in [9.17, 15) is 4.79 Å². The molecule has 1 amide bonds. The largest absolute Gasteiger partial charge is 0.309 e. The number of nitrogens with one attached hydrogen (secondary N) is 3. The maximum absolute atomic E-state index is 12.1. The first-order chi connectivity index (χ1) is 9.83. The van der Waals surface area contributed by atoms with Crippen LogP contribution in [0.25, 0.3) is 0 Å². The van der Waals surface area contributed by atoms with E-state index in [1.807, 2.05) is 24.3 Å². The van der Waals surface area contributed by atoms with Gasteiger partial charge in [-0.3, -0.25) is 9.78 Å². The first-order valence-electron chi connectivity index (χ1n) is 6.46. The van der Waals surface area contributed by atoms with E-state index in [-0.39, 0.29) is 18.0 Å². The van der Waals surface area contributed by atoms with Gasteiger partial charge in [0.1, 0.15) is 11.9 Å². The molecule has 2 aromatic heterocycles. The summed E-state index contributed by atoms with van der Waals surface area (Å²) in [7, 11) is 0. The van der Waals surface area contributed by atoms with E-state index in [2.05, 4.69) is 26.1 Å². The molecular formula is C14H15N5O. The van der Waals surface area contributed by atoms with Crippen LogP contribution in [0.15, 0.2) is 48.9 Å². The number of rotatable bonds is 3. The van der Waals surface area contributed by atoms with Crippen molar-refractivity contribution in [2.75, 3.05) is 5.32 Å². The summed E-state index contributed by atoms with van der Waals surface area (Å²) in [5, 5.41) is 2.79. The van der Waals surface area contributed by atoms with Gasteiger partial charge in [0.15, 0.2) is 0 Å². The summed E-state index contributed by atoms with van der Waals surface area (Å²) in [6, 6.07) is 9.08. The summed E-state index contributed by atoms with van der Waals surface area (Å²) < 4.78 is 0. The highest BCUT2D eigenvalue weighted by Crippen LogP contribution is 2.21. The van der Waals surface area contributed by atoms with Gasteiger partial charge in [0.2, 0.25) is 5.91 Å². The van der Waals surface area contributed by atoms with Gasteiger partial charge in [0.25, 0.3) is 0 Å². The van der Waals surface area contributed by atoms with Gasteiger partial charge in [-0.1, -0.05) is 12.1 Å². The van der Waals surface area contributed by atoms with Crippen molar-refractivity contribution in [3.05, 3.63) is 54.5 Å². The minimum Gasteiger partial charge on any atom is -0.309 e. The first kappa shape index (κ1) is 12.7. The fourth-order valence-corrected chi connectivity index (χ4v) is 2.18. The Morgan fingerprint density at radius 1 is 1.20 bits per heavy atom. The molecule has 1 aliphatic rings. The highest BCUT2D eigenvalue weighted by atomic mass is 16.2. The topological polar surface area (TPSA) is 78.9 Å². The molecule has 6 nitrogen and oxygen atoms in total. The summed E-state index contributed by atoms with van der Waals surface area (Å²) in [5.41, 5.74) is 7.19. The normalized spacial score (nSPS) is 21.6. The van der Waals surface area contributed by atoms with Gasteiger partial charge in [0, 0.05) is 24.6 Å². The van der Waals surface area contributed by atoms with Crippen LogP contribution in [0.2, 0.25) is 0 Å². The van der Waals surface area contributed by atoms with Gasteiger partial charge in [-0.25, -0.2) is 15.8 Å². The molecule has 0 aliphatic carbocycles. The van der Waals surface area contributed by atoms with Crippen LogP contribution in [0, 0.1) is 0 Å². The molecule has 0 bridgehead atoms.